The Morgan fingerprint density at radius 1 is 1.21 bits per heavy atom. The van der Waals surface area contributed by atoms with Gasteiger partial charge >= 0.3 is 0 Å². The molecule has 7 nitrogen and oxygen atoms in total. The quantitative estimate of drug-likeness (QED) is 0.569. The van der Waals surface area contributed by atoms with Crippen molar-refractivity contribution in [1.82, 2.24) is 5.32 Å². The van der Waals surface area contributed by atoms with Crippen LogP contribution in [0.2, 0.25) is 5.02 Å². The number of amides is 1. The topological polar surface area (TPSA) is 93.5 Å². The molecule has 1 aliphatic carbocycles. The second-order valence-electron chi connectivity index (χ2n) is 7.08. The number of nitro benzene ring substituents is 1. The first-order valence-electron chi connectivity index (χ1n) is 9.30. The third-order valence-electron chi connectivity index (χ3n) is 4.96. The van der Waals surface area contributed by atoms with Crippen molar-refractivity contribution in [3.63, 3.8) is 0 Å². The van der Waals surface area contributed by atoms with Crippen LogP contribution in [0.3, 0.4) is 0 Å². The van der Waals surface area contributed by atoms with Crippen molar-refractivity contribution in [1.29, 1.82) is 0 Å². The zero-order valence-electron chi connectivity index (χ0n) is 15.1. The van der Waals surface area contributed by atoms with Gasteiger partial charge in [-0.1, -0.05) is 23.7 Å². The minimum Gasteiger partial charge on any atom is -0.492 e. The van der Waals surface area contributed by atoms with Crippen LogP contribution in [0.25, 0.3) is 0 Å². The molecule has 1 saturated carbocycles. The predicted octanol–water partition coefficient (Wildman–Crippen LogP) is 4.47. The number of anilines is 1. The Morgan fingerprint density at radius 2 is 2.04 bits per heavy atom. The number of nitrogens with zero attached hydrogens (tertiary/aromatic N) is 1. The van der Waals surface area contributed by atoms with Crippen LogP contribution in [-0.2, 0) is 0 Å². The molecule has 0 bridgehead atoms. The summed E-state index contributed by atoms with van der Waals surface area (Å²) in [6.07, 6.45) is 3.45. The second kappa shape index (κ2) is 7.67. The van der Waals surface area contributed by atoms with E-state index in [0.29, 0.717) is 23.1 Å². The lowest BCUT2D eigenvalue weighted by molar-refractivity contribution is -0.384. The van der Waals surface area contributed by atoms with Gasteiger partial charge in [-0.05, 0) is 43.9 Å². The van der Waals surface area contributed by atoms with Crippen LogP contribution >= 0.6 is 11.6 Å². The normalized spacial score (nSPS) is 18.4. The SMILES string of the molecule is O=C(NC1CC1)c1ccc(NC2CCCOc3c(Cl)cccc32)c([N+](=O)[O-])c1. The van der Waals surface area contributed by atoms with Crippen LogP contribution in [-0.4, -0.2) is 23.5 Å². The van der Waals surface area contributed by atoms with Gasteiger partial charge in [0.1, 0.15) is 11.4 Å². The van der Waals surface area contributed by atoms with Crippen molar-refractivity contribution in [2.24, 2.45) is 0 Å². The maximum atomic E-state index is 12.2. The summed E-state index contributed by atoms with van der Waals surface area (Å²) in [6, 6.07) is 10.1. The number of para-hydroxylation sites is 1. The molecule has 146 valence electrons. The fourth-order valence-electron chi connectivity index (χ4n) is 3.35. The van der Waals surface area contributed by atoms with Crippen molar-refractivity contribution < 1.29 is 14.5 Å². The molecule has 1 fully saturated rings. The van der Waals surface area contributed by atoms with Gasteiger partial charge in [0, 0.05) is 23.2 Å². The van der Waals surface area contributed by atoms with Gasteiger partial charge in [0.25, 0.3) is 11.6 Å². The third-order valence-corrected chi connectivity index (χ3v) is 5.25. The molecular formula is C20H20ClN3O4. The van der Waals surface area contributed by atoms with E-state index in [1.165, 1.54) is 6.07 Å². The minimum absolute atomic E-state index is 0.128. The van der Waals surface area contributed by atoms with Gasteiger partial charge in [0.15, 0.2) is 0 Å². The summed E-state index contributed by atoms with van der Waals surface area (Å²) in [5.41, 5.74) is 1.40. The molecule has 2 aromatic rings. The Labute approximate surface area is 167 Å². The molecule has 2 aromatic carbocycles. The molecule has 1 amide bonds. The van der Waals surface area contributed by atoms with Gasteiger partial charge in [-0.2, -0.15) is 0 Å². The maximum absolute atomic E-state index is 12.2. The average Bonchev–Trinajstić information content (AvgIpc) is 3.50. The Hall–Kier alpha value is -2.80. The molecule has 1 unspecified atom stereocenters. The van der Waals surface area contributed by atoms with E-state index >= 15 is 0 Å². The van der Waals surface area contributed by atoms with Crippen LogP contribution < -0.4 is 15.4 Å². The summed E-state index contributed by atoms with van der Waals surface area (Å²) in [5, 5.41) is 18.3. The summed E-state index contributed by atoms with van der Waals surface area (Å²) in [6.45, 7) is 0.539. The van der Waals surface area contributed by atoms with Crippen molar-refractivity contribution in [3.8, 4) is 5.75 Å². The molecule has 1 heterocycles. The molecule has 4 rings (SSSR count). The molecule has 8 heteroatoms. The maximum Gasteiger partial charge on any atom is 0.293 e. The second-order valence-corrected chi connectivity index (χ2v) is 7.49. The monoisotopic (exact) mass is 401 g/mol. The molecule has 1 aliphatic heterocycles. The number of rotatable bonds is 5. The molecular weight excluding hydrogens is 382 g/mol. The molecule has 28 heavy (non-hydrogen) atoms. The molecule has 0 aromatic heterocycles. The smallest absolute Gasteiger partial charge is 0.293 e. The first kappa shape index (κ1) is 18.6. The Morgan fingerprint density at radius 3 is 2.79 bits per heavy atom. The van der Waals surface area contributed by atoms with E-state index in [2.05, 4.69) is 10.6 Å². The number of fused-ring (bicyclic) bond motifs is 1. The standard InChI is InChI=1S/C20H20ClN3O4/c21-15-4-1-3-14-16(5-2-10-28-19(14)15)23-17-9-6-12(11-18(17)24(26)27)20(25)22-13-7-8-13/h1,3-4,6,9,11,13,16,23H,2,5,7-8,10H2,(H,22,25). The summed E-state index contributed by atoms with van der Waals surface area (Å²) in [7, 11) is 0. The highest BCUT2D eigenvalue weighted by Crippen LogP contribution is 2.40. The Kier molecular flexibility index (Phi) is 5.09. The fourth-order valence-corrected chi connectivity index (χ4v) is 3.59. The summed E-state index contributed by atoms with van der Waals surface area (Å²) >= 11 is 6.26. The number of benzene rings is 2. The van der Waals surface area contributed by atoms with Crippen LogP contribution in [0.4, 0.5) is 11.4 Å². The van der Waals surface area contributed by atoms with E-state index in [4.69, 9.17) is 16.3 Å². The van der Waals surface area contributed by atoms with E-state index < -0.39 is 4.92 Å². The fraction of sp³-hybridized carbons (Fsp3) is 0.350. The molecule has 0 radical (unpaired) electrons. The molecule has 0 spiro atoms. The van der Waals surface area contributed by atoms with Gasteiger partial charge in [-0.25, -0.2) is 0 Å². The van der Waals surface area contributed by atoms with Crippen molar-refractivity contribution in [2.75, 3.05) is 11.9 Å². The zero-order valence-corrected chi connectivity index (χ0v) is 15.9. The van der Waals surface area contributed by atoms with Gasteiger partial charge in [-0.15, -0.1) is 0 Å². The Balaban J connectivity index is 1.63. The van der Waals surface area contributed by atoms with Crippen LogP contribution in [0.1, 0.15) is 47.6 Å². The van der Waals surface area contributed by atoms with Crippen molar-refractivity contribution in [3.05, 3.63) is 62.7 Å². The zero-order chi connectivity index (χ0) is 19.7. The highest BCUT2D eigenvalue weighted by atomic mass is 35.5. The van der Waals surface area contributed by atoms with E-state index in [1.54, 1.807) is 18.2 Å². The van der Waals surface area contributed by atoms with Crippen LogP contribution in [0.15, 0.2) is 36.4 Å². The lowest BCUT2D eigenvalue weighted by Gasteiger charge is -2.20. The molecule has 1 atom stereocenters. The van der Waals surface area contributed by atoms with E-state index in [0.717, 1.165) is 31.2 Å². The average molecular weight is 402 g/mol. The number of carbonyl (C=O) groups is 1. The van der Waals surface area contributed by atoms with E-state index in [1.807, 2.05) is 12.1 Å². The largest absolute Gasteiger partial charge is 0.492 e. The minimum atomic E-state index is -0.470. The van der Waals surface area contributed by atoms with Gasteiger partial charge in [0.05, 0.1) is 22.6 Å². The third kappa shape index (κ3) is 3.89. The van der Waals surface area contributed by atoms with Gasteiger partial charge in [0.2, 0.25) is 0 Å². The highest BCUT2D eigenvalue weighted by Gasteiger charge is 2.27. The lowest BCUT2D eigenvalue weighted by atomic mass is 10.0. The molecule has 2 aliphatic rings. The van der Waals surface area contributed by atoms with Crippen molar-refractivity contribution >= 4 is 28.9 Å². The van der Waals surface area contributed by atoms with Crippen molar-refractivity contribution in [2.45, 2.75) is 37.8 Å². The predicted molar refractivity (Wildman–Crippen MR) is 106 cm³/mol. The summed E-state index contributed by atoms with van der Waals surface area (Å²) in [5.74, 6) is 0.333. The number of ether oxygens (including phenoxy) is 1. The number of carbonyl (C=O) groups excluding carboxylic acids is 1. The van der Waals surface area contributed by atoms with Gasteiger partial charge < -0.3 is 15.4 Å². The molecule has 2 N–H and O–H groups in total. The summed E-state index contributed by atoms with van der Waals surface area (Å²) in [4.78, 5) is 23.4. The number of hydrogen-bond acceptors (Lipinski definition) is 5. The highest BCUT2D eigenvalue weighted by molar-refractivity contribution is 6.32. The van der Waals surface area contributed by atoms with E-state index in [-0.39, 0.29) is 29.2 Å². The summed E-state index contributed by atoms with van der Waals surface area (Å²) < 4.78 is 5.76. The number of nitrogens with one attached hydrogen (secondary N) is 2. The van der Waals surface area contributed by atoms with Crippen LogP contribution in [0, 0.1) is 10.1 Å². The number of hydrogen-bond donors (Lipinski definition) is 2. The molecule has 0 saturated heterocycles. The first-order valence-corrected chi connectivity index (χ1v) is 9.68. The first-order chi connectivity index (χ1) is 13.5. The Bertz CT molecular complexity index is 930. The lowest BCUT2D eigenvalue weighted by Crippen LogP contribution is -2.25. The number of nitro groups is 1. The van der Waals surface area contributed by atoms with Gasteiger partial charge in [-0.3, -0.25) is 14.9 Å². The number of halogens is 1. The van der Waals surface area contributed by atoms with Crippen LogP contribution in [0.5, 0.6) is 5.75 Å². The van der Waals surface area contributed by atoms with E-state index in [9.17, 15) is 14.9 Å².